The van der Waals surface area contributed by atoms with E-state index in [9.17, 15) is 5.26 Å². The van der Waals surface area contributed by atoms with Gasteiger partial charge in [0.1, 0.15) is 5.54 Å². The molecular weight excluding hydrogens is 198 g/mol. The standard InChI is InChI=1S/C13H23N3/c1-3-16(2)12-5-4-8-13(9-12,10-14)15-11-6-7-11/h11-12,15H,3-9H2,1-2H3. The van der Waals surface area contributed by atoms with Crippen LogP contribution in [-0.2, 0) is 0 Å². The van der Waals surface area contributed by atoms with Gasteiger partial charge in [-0.05, 0) is 52.1 Å². The molecule has 16 heavy (non-hydrogen) atoms. The van der Waals surface area contributed by atoms with E-state index in [0.29, 0.717) is 12.1 Å². The van der Waals surface area contributed by atoms with Crippen LogP contribution in [-0.4, -0.2) is 36.1 Å². The van der Waals surface area contributed by atoms with Crippen molar-refractivity contribution >= 4 is 0 Å². The molecule has 1 N–H and O–H groups in total. The van der Waals surface area contributed by atoms with Gasteiger partial charge in [-0.15, -0.1) is 0 Å². The van der Waals surface area contributed by atoms with Gasteiger partial charge in [-0.1, -0.05) is 6.92 Å². The predicted molar refractivity (Wildman–Crippen MR) is 65.1 cm³/mol. The molecule has 0 aromatic carbocycles. The summed E-state index contributed by atoms with van der Waals surface area (Å²) in [6, 6.07) is 3.78. The van der Waals surface area contributed by atoms with Gasteiger partial charge in [0.25, 0.3) is 0 Å². The normalized spacial score (nSPS) is 35.0. The van der Waals surface area contributed by atoms with Gasteiger partial charge in [0.15, 0.2) is 0 Å². The smallest absolute Gasteiger partial charge is 0.108 e. The molecule has 0 aromatic heterocycles. The summed E-state index contributed by atoms with van der Waals surface area (Å²) in [7, 11) is 2.18. The third-order valence-electron chi connectivity index (χ3n) is 4.12. The maximum absolute atomic E-state index is 9.46. The van der Waals surface area contributed by atoms with Crippen molar-refractivity contribution in [3.05, 3.63) is 0 Å². The zero-order chi connectivity index (χ0) is 11.6. The molecule has 2 atom stereocenters. The molecule has 0 spiro atoms. The Morgan fingerprint density at radius 3 is 2.75 bits per heavy atom. The van der Waals surface area contributed by atoms with Crippen molar-refractivity contribution in [1.29, 1.82) is 5.26 Å². The van der Waals surface area contributed by atoms with Crippen LogP contribution in [0.25, 0.3) is 0 Å². The highest BCUT2D eigenvalue weighted by molar-refractivity contribution is 5.13. The molecule has 0 saturated heterocycles. The first-order chi connectivity index (χ1) is 7.69. The minimum absolute atomic E-state index is 0.229. The van der Waals surface area contributed by atoms with Crippen molar-refractivity contribution in [2.75, 3.05) is 13.6 Å². The van der Waals surface area contributed by atoms with Gasteiger partial charge in [0, 0.05) is 12.1 Å². The van der Waals surface area contributed by atoms with Crippen molar-refractivity contribution in [1.82, 2.24) is 10.2 Å². The molecule has 2 aliphatic carbocycles. The van der Waals surface area contributed by atoms with E-state index in [2.05, 4.69) is 30.3 Å². The summed E-state index contributed by atoms with van der Waals surface area (Å²) in [4.78, 5) is 2.39. The lowest BCUT2D eigenvalue weighted by Gasteiger charge is -2.40. The number of hydrogen-bond acceptors (Lipinski definition) is 3. The molecule has 2 aliphatic rings. The Labute approximate surface area is 98.8 Å². The maximum Gasteiger partial charge on any atom is 0.108 e. The molecule has 0 amide bonds. The molecule has 0 bridgehead atoms. The average Bonchev–Trinajstić information content (AvgIpc) is 3.12. The molecular formula is C13H23N3. The molecule has 0 aliphatic heterocycles. The average molecular weight is 221 g/mol. The summed E-state index contributed by atoms with van der Waals surface area (Å²) in [5, 5.41) is 13.0. The van der Waals surface area contributed by atoms with E-state index >= 15 is 0 Å². The van der Waals surface area contributed by atoms with Gasteiger partial charge in [0.2, 0.25) is 0 Å². The van der Waals surface area contributed by atoms with E-state index in [0.717, 1.165) is 19.4 Å². The SMILES string of the molecule is CCN(C)C1CCCC(C#N)(NC2CC2)C1. The third-order valence-corrected chi connectivity index (χ3v) is 4.12. The zero-order valence-electron chi connectivity index (χ0n) is 10.5. The highest BCUT2D eigenvalue weighted by atomic mass is 15.1. The number of hydrogen-bond donors (Lipinski definition) is 1. The summed E-state index contributed by atoms with van der Waals surface area (Å²) in [6.45, 7) is 3.27. The lowest BCUT2D eigenvalue weighted by molar-refractivity contribution is 0.149. The van der Waals surface area contributed by atoms with Crippen LogP contribution < -0.4 is 5.32 Å². The quantitative estimate of drug-likeness (QED) is 0.788. The van der Waals surface area contributed by atoms with Crippen LogP contribution in [0.1, 0.15) is 45.4 Å². The predicted octanol–water partition coefficient (Wildman–Crippen LogP) is 1.90. The summed E-state index contributed by atoms with van der Waals surface area (Å²) in [5.41, 5.74) is -0.229. The van der Waals surface area contributed by atoms with Crippen LogP contribution in [0, 0.1) is 11.3 Å². The minimum Gasteiger partial charge on any atom is -0.304 e. The van der Waals surface area contributed by atoms with Crippen LogP contribution in [0.2, 0.25) is 0 Å². The second kappa shape index (κ2) is 4.73. The summed E-state index contributed by atoms with van der Waals surface area (Å²) >= 11 is 0. The van der Waals surface area contributed by atoms with Crippen LogP contribution in [0.15, 0.2) is 0 Å². The Hall–Kier alpha value is -0.590. The number of nitrogens with one attached hydrogen (secondary N) is 1. The Morgan fingerprint density at radius 1 is 1.44 bits per heavy atom. The fourth-order valence-electron chi connectivity index (χ4n) is 2.76. The molecule has 3 nitrogen and oxygen atoms in total. The molecule has 2 unspecified atom stereocenters. The summed E-state index contributed by atoms with van der Waals surface area (Å²) in [5.74, 6) is 0. The molecule has 2 fully saturated rings. The van der Waals surface area contributed by atoms with E-state index in [1.807, 2.05) is 0 Å². The van der Waals surface area contributed by atoms with E-state index in [-0.39, 0.29) is 5.54 Å². The van der Waals surface area contributed by atoms with Crippen molar-refractivity contribution in [3.63, 3.8) is 0 Å². The number of nitrogens with zero attached hydrogens (tertiary/aromatic N) is 2. The lowest BCUT2D eigenvalue weighted by Crippen LogP contribution is -2.52. The Balaban J connectivity index is 1.99. The Morgan fingerprint density at radius 2 is 2.19 bits per heavy atom. The lowest BCUT2D eigenvalue weighted by atomic mass is 9.79. The van der Waals surface area contributed by atoms with Gasteiger partial charge in [-0.2, -0.15) is 5.26 Å². The monoisotopic (exact) mass is 221 g/mol. The molecule has 2 saturated carbocycles. The third kappa shape index (κ3) is 2.56. The van der Waals surface area contributed by atoms with E-state index in [1.165, 1.54) is 25.7 Å². The highest BCUT2D eigenvalue weighted by Crippen LogP contribution is 2.33. The van der Waals surface area contributed by atoms with Crippen molar-refractivity contribution in [3.8, 4) is 6.07 Å². The first-order valence-electron chi connectivity index (χ1n) is 6.58. The summed E-state index contributed by atoms with van der Waals surface area (Å²) in [6.07, 6.45) is 7.00. The van der Waals surface area contributed by atoms with Crippen LogP contribution in [0.3, 0.4) is 0 Å². The second-order valence-electron chi connectivity index (χ2n) is 5.44. The summed E-state index contributed by atoms with van der Waals surface area (Å²) < 4.78 is 0. The van der Waals surface area contributed by atoms with Crippen molar-refractivity contribution in [2.24, 2.45) is 0 Å². The van der Waals surface area contributed by atoms with Crippen LogP contribution in [0.4, 0.5) is 0 Å². The Bertz CT molecular complexity index is 279. The first-order valence-corrected chi connectivity index (χ1v) is 6.58. The highest BCUT2D eigenvalue weighted by Gasteiger charge is 2.41. The van der Waals surface area contributed by atoms with Gasteiger partial charge >= 0.3 is 0 Å². The van der Waals surface area contributed by atoms with Gasteiger partial charge in [0.05, 0.1) is 6.07 Å². The topological polar surface area (TPSA) is 39.1 Å². The van der Waals surface area contributed by atoms with Crippen LogP contribution >= 0.6 is 0 Å². The van der Waals surface area contributed by atoms with E-state index in [1.54, 1.807) is 0 Å². The molecule has 0 heterocycles. The van der Waals surface area contributed by atoms with E-state index < -0.39 is 0 Å². The van der Waals surface area contributed by atoms with Gasteiger partial charge < -0.3 is 4.90 Å². The number of nitriles is 1. The van der Waals surface area contributed by atoms with Gasteiger partial charge in [-0.3, -0.25) is 5.32 Å². The Kier molecular flexibility index (Phi) is 3.51. The minimum atomic E-state index is -0.229. The van der Waals surface area contributed by atoms with Crippen molar-refractivity contribution < 1.29 is 0 Å². The fraction of sp³-hybridized carbons (Fsp3) is 0.923. The largest absolute Gasteiger partial charge is 0.304 e. The zero-order valence-corrected chi connectivity index (χ0v) is 10.5. The van der Waals surface area contributed by atoms with E-state index in [4.69, 9.17) is 0 Å². The second-order valence-corrected chi connectivity index (χ2v) is 5.44. The molecule has 0 aromatic rings. The molecule has 2 rings (SSSR count). The molecule has 3 heteroatoms. The fourth-order valence-corrected chi connectivity index (χ4v) is 2.76. The van der Waals surface area contributed by atoms with Crippen molar-refractivity contribution in [2.45, 2.75) is 63.1 Å². The van der Waals surface area contributed by atoms with Gasteiger partial charge in [-0.25, -0.2) is 0 Å². The molecule has 90 valence electrons. The maximum atomic E-state index is 9.46. The molecule has 0 radical (unpaired) electrons. The van der Waals surface area contributed by atoms with Crippen LogP contribution in [0.5, 0.6) is 0 Å². The first kappa shape index (κ1) is 11.9. The number of rotatable bonds is 4.